The molecule has 0 aliphatic carbocycles. The molecule has 0 aromatic heterocycles. The average molecular weight is 290 g/mol. The number of nitrogens with two attached hydrogens (primary N) is 1. The highest BCUT2D eigenvalue weighted by Gasteiger charge is 2.23. The second-order valence-corrected chi connectivity index (χ2v) is 4.99. The third-order valence-corrected chi connectivity index (χ3v) is 3.27. The molecule has 5 heteroatoms. The maximum absolute atomic E-state index is 13.9. The van der Waals surface area contributed by atoms with E-state index >= 15 is 0 Å². The number of benzene rings is 1. The van der Waals surface area contributed by atoms with Crippen molar-refractivity contribution in [3.05, 3.63) is 35.1 Å². The third kappa shape index (κ3) is 4.03. The molecule has 0 radical (unpaired) electrons. The summed E-state index contributed by atoms with van der Waals surface area (Å²) < 4.78 is 19.4. The number of ether oxygens (including phenoxy) is 1. The highest BCUT2D eigenvalue weighted by molar-refractivity contribution is 5.95. The number of halogens is 1. The molecule has 1 amide bonds. The molecule has 1 aliphatic heterocycles. The van der Waals surface area contributed by atoms with Gasteiger partial charge in [0.1, 0.15) is 5.82 Å². The number of hydrogen-bond donors (Lipinski definition) is 1. The van der Waals surface area contributed by atoms with Crippen LogP contribution in [0.4, 0.5) is 4.39 Å². The second kappa shape index (κ2) is 7.21. The smallest absolute Gasteiger partial charge is 0.256 e. The van der Waals surface area contributed by atoms with E-state index in [0.29, 0.717) is 25.3 Å². The first-order valence-electron chi connectivity index (χ1n) is 7.01. The quantitative estimate of drug-likeness (QED) is 0.795. The van der Waals surface area contributed by atoms with Gasteiger partial charge in [0.2, 0.25) is 0 Å². The first-order chi connectivity index (χ1) is 10.1. The maximum atomic E-state index is 13.9. The third-order valence-electron chi connectivity index (χ3n) is 3.27. The van der Waals surface area contributed by atoms with E-state index in [-0.39, 0.29) is 24.1 Å². The van der Waals surface area contributed by atoms with E-state index in [2.05, 4.69) is 11.8 Å². The number of rotatable bonds is 1. The lowest BCUT2D eigenvalue weighted by Gasteiger charge is -2.22. The molecule has 1 unspecified atom stereocenters. The molecule has 0 spiro atoms. The fraction of sp³-hybridized carbons (Fsp3) is 0.438. The Labute approximate surface area is 124 Å². The van der Waals surface area contributed by atoms with Crippen LogP contribution in [0.15, 0.2) is 18.2 Å². The summed E-state index contributed by atoms with van der Waals surface area (Å²) in [6.45, 7) is 3.79. The molecule has 4 nitrogen and oxygen atoms in total. The van der Waals surface area contributed by atoms with Gasteiger partial charge >= 0.3 is 0 Å². The summed E-state index contributed by atoms with van der Waals surface area (Å²) in [4.78, 5) is 14.1. The van der Waals surface area contributed by atoms with Crippen molar-refractivity contribution in [3.8, 4) is 11.8 Å². The maximum Gasteiger partial charge on any atom is 0.256 e. The van der Waals surface area contributed by atoms with Crippen LogP contribution in [0.2, 0.25) is 0 Å². The van der Waals surface area contributed by atoms with Gasteiger partial charge in [0, 0.05) is 25.3 Å². The van der Waals surface area contributed by atoms with Gasteiger partial charge in [-0.3, -0.25) is 4.79 Å². The molecule has 1 fully saturated rings. The second-order valence-electron chi connectivity index (χ2n) is 4.99. The number of carbonyl (C=O) groups is 1. The zero-order valence-corrected chi connectivity index (χ0v) is 12.1. The lowest BCUT2D eigenvalue weighted by molar-refractivity contribution is 0.0560. The van der Waals surface area contributed by atoms with Crippen LogP contribution in [0.3, 0.4) is 0 Å². The molecule has 112 valence electrons. The Morgan fingerprint density at radius 1 is 1.57 bits per heavy atom. The van der Waals surface area contributed by atoms with Crippen molar-refractivity contribution in [2.75, 3.05) is 26.2 Å². The van der Waals surface area contributed by atoms with Crippen molar-refractivity contribution in [2.45, 2.75) is 19.4 Å². The Kier molecular flexibility index (Phi) is 5.32. The van der Waals surface area contributed by atoms with E-state index in [4.69, 9.17) is 10.5 Å². The summed E-state index contributed by atoms with van der Waals surface area (Å²) in [6.07, 6.45) is 0.712. The van der Waals surface area contributed by atoms with E-state index < -0.39 is 5.82 Å². The van der Waals surface area contributed by atoms with Gasteiger partial charge in [-0.1, -0.05) is 11.8 Å². The van der Waals surface area contributed by atoms with Crippen molar-refractivity contribution in [3.63, 3.8) is 0 Å². The van der Waals surface area contributed by atoms with Crippen molar-refractivity contribution < 1.29 is 13.9 Å². The topological polar surface area (TPSA) is 55.6 Å². The molecule has 2 rings (SSSR count). The Morgan fingerprint density at radius 3 is 3.14 bits per heavy atom. The van der Waals surface area contributed by atoms with Crippen LogP contribution >= 0.6 is 0 Å². The van der Waals surface area contributed by atoms with Crippen molar-refractivity contribution in [1.29, 1.82) is 0 Å². The van der Waals surface area contributed by atoms with Gasteiger partial charge in [0.05, 0.1) is 18.2 Å². The SMILES string of the molecule is CC1CN(C(=O)c2cc(C#CCN)ccc2F)CCCO1. The van der Waals surface area contributed by atoms with Crippen LogP contribution in [0.5, 0.6) is 0 Å². The Bertz CT molecular complexity index is 577. The Balaban J connectivity index is 2.24. The summed E-state index contributed by atoms with van der Waals surface area (Å²) in [5, 5.41) is 0. The highest BCUT2D eigenvalue weighted by atomic mass is 19.1. The van der Waals surface area contributed by atoms with Crippen LogP contribution in [-0.4, -0.2) is 43.2 Å². The van der Waals surface area contributed by atoms with Gasteiger partial charge in [-0.15, -0.1) is 0 Å². The zero-order valence-electron chi connectivity index (χ0n) is 12.1. The molecule has 2 N–H and O–H groups in total. The Hall–Kier alpha value is -1.90. The van der Waals surface area contributed by atoms with Crippen LogP contribution in [0.1, 0.15) is 29.3 Å². The molecule has 1 aliphatic rings. The normalized spacial score (nSPS) is 18.6. The molecular weight excluding hydrogens is 271 g/mol. The largest absolute Gasteiger partial charge is 0.377 e. The van der Waals surface area contributed by atoms with Gasteiger partial charge in [-0.05, 0) is 31.5 Å². The van der Waals surface area contributed by atoms with E-state index in [9.17, 15) is 9.18 Å². The minimum Gasteiger partial charge on any atom is -0.377 e. The van der Waals surface area contributed by atoms with E-state index in [1.54, 1.807) is 11.0 Å². The summed E-state index contributed by atoms with van der Waals surface area (Å²) >= 11 is 0. The molecular formula is C16H19FN2O2. The first kappa shape index (κ1) is 15.5. The molecule has 0 saturated carbocycles. The standard InChI is InChI=1S/C16H19FN2O2/c1-12-11-19(8-3-9-21-12)16(20)14-10-13(4-2-7-18)5-6-15(14)17/h5-6,10,12H,3,7-9,11,18H2,1H3. The molecule has 1 atom stereocenters. The molecule has 1 aromatic carbocycles. The predicted molar refractivity (Wildman–Crippen MR) is 78.3 cm³/mol. The summed E-state index contributed by atoms with van der Waals surface area (Å²) in [5.74, 6) is 4.66. The number of amides is 1. The predicted octanol–water partition coefficient (Wildman–Crippen LogP) is 1.39. The molecule has 21 heavy (non-hydrogen) atoms. The lowest BCUT2D eigenvalue weighted by Crippen LogP contribution is -2.36. The molecule has 1 saturated heterocycles. The van der Waals surface area contributed by atoms with Crippen LogP contribution in [0.25, 0.3) is 0 Å². The average Bonchev–Trinajstić information content (AvgIpc) is 2.70. The fourth-order valence-electron chi connectivity index (χ4n) is 2.27. The summed E-state index contributed by atoms with van der Waals surface area (Å²) in [7, 11) is 0. The van der Waals surface area contributed by atoms with Crippen LogP contribution in [0, 0.1) is 17.7 Å². The minimum absolute atomic E-state index is 0.0419. The van der Waals surface area contributed by atoms with Crippen molar-refractivity contribution in [1.82, 2.24) is 4.90 Å². The fourth-order valence-corrected chi connectivity index (χ4v) is 2.27. The van der Waals surface area contributed by atoms with Crippen LogP contribution in [-0.2, 0) is 4.74 Å². The van der Waals surface area contributed by atoms with Crippen molar-refractivity contribution >= 4 is 5.91 Å². The summed E-state index contributed by atoms with van der Waals surface area (Å²) in [6, 6.07) is 4.30. The van der Waals surface area contributed by atoms with Gasteiger partial charge in [-0.25, -0.2) is 4.39 Å². The zero-order chi connectivity index (χ0) is 15.2. The van der Waals surface area contributed by atoms with E-state index in [0.717, 1.165) is 6.42 Å². The number of carbonyl (C=O) groups excluding carboxylic acids is 1. The Morgan fingerprint density at radius 2 is 2.38 bits per heavy atom. The van der Waals surface area contributed by atoms with E-state index in [1.165, 1.54) is 12.1 Å². The number of hydrogen-bond acceptors (Lipinski definition) is 3. The van der Waals surface area contributed by atoms with Gasteiger partial charge < -0.3 is 15.4 Å². The van der Waals surface area contributed by atoms with Gasteiger partial charge in [0.15, 0.2) is 0 Å². The van der Waals surface area contributed by atoms with E-state index in [1.807, 2.05) is 6.92 Å². The monoisotopic (exact) mass is 290 g/mol. The lowest BCUT2D eigenvalue weighted by atomic mass is 10.1. The van der Waals surface area contributed by atoms with Gasteiger partial charge in [-0.2, -0.15) is 0 Å². The molecule has 1 heterocycles. The first-order valence-corrected chi connectivity index (χ1v) is 7.01. The van der Waals surface area contributed by atoms with Crippen LogP contribution < -0.4 is 5.73 Å². The molecule has 0 bridgehead atoms. The molecule has 1 aromatic rings. The summed E-state index contributed by atoms with van der Waals surface area (Å²) in [5.41, 5.74) is 5.95. The number of nitrogens with zero attached hydrogens (tertiary/aromatic N) is 1. The highest BCUT2D eigenvalue weighted by Crippen LogP contribution is 2.15. The van der Waals surface area contributed by atoms with Gasteiger partial charge in [0.25, 0.3) is 5.91 Å². The van der Waals surface area contributed by atoms with Crippen molar-refractivity contribution in [2.24, 2.45) is 5.73 Å². The minimum atomic E-state index is -0.531.